The molecule has 0 aromatic heterocycles. The first-order chi connectivity index (χ1) is 10.9. The second kappa shape index (κ2) is 8.66. The molecule has 0 spiro atoms. The second-order valence-electron chi connectivity index (χ2n) is 6.72. The molecule has 1 aromatic carbocycles. The van der Waals surface area contributed by atoms with Gasteiger partial charge in [-0.25, -0.2) is 0 Å². The van der Waals surface area contributed by atoms with Crippen LogP contribution in [0.3, 0.4) is 0 Å². The largest absolute Gasteiger partial charge is 0.379 e. The maximum Gasteiger partial charge on any atom is 0.0594 e. The molecule has 1 aliphatic carbocycles. The van der Waals surface area contributed by atoms with Crippen molar-refractivity contribution in [3.05, 3.63) is 35.9 Å². The van der Waals surface area contributed by atoms with Crippen LogP contribution in [0.15, 0.2) is 30.3 Å². The van der Waals surface area contributed by atoms with Gasteiger partial charge in [0.15, 0.2) is 0 Å². The van der Waals surface area contributed by atoms with Gasteiger partial charge in [-0.3, -0.25) is 4.90 Å². The third kappa shape index (κ3) is 4.80. The van der Waals surface area contributed by atoms with E-state index in [0.717, 1.165) is 44.8 Å². The number of rotatable bonds is 6. The van der Waals surface area contributed by atoms with E-state index in [-0.39, 0.29) is 0 Å². The Morgan fingerprint density at radius 2 is 1.73 bits per heavy atom. The van der Waals surface area contributed by atoms with Gasteiger partial charge in [-0.05, 0) is 56.7 Å². The van der Waals surface area contributed by atoms with E-state index in [1.807, 2.05) is 0 Å². The van der Waals surface area contributed by atoms with Crippen molar-refractivity contribution in [1.29, 1.82) is 0 Å². The molecule has 3 heteroatoms. The molecule has 1 saturated heterocycles. The average Bonchev–Trinajstić information content (AvgIpc) is 2.61. The van der Waals surface area contributed by atoms with E-state index in [1.165, 1.54) is 44.2 Å². The van der Waals surface area contributed by atoms with E-state index in [0.29, 0.717) is 0 Å². The van der Waals surface area contributed by atoms with Gasteiger partial charge in [-0.15, -0.1) is 0 Å². The molecule has 1 saturated carbocycles. The van der Waals surface area contributed by atoms with Crippen molar-refractivity contribution in [3.8, 4) is 0 Å². The van der Waals surface area contributed by atoms with Gasteiger partial charge in [0.2, 0.25) is 0 Å². The highest BCUT2D eigenvalue weighted by atomic mass is 16.5. The first kappa shape index (κ1) is 16.0. The number of ether oxygens (including phenoxy) is 1. The molecule has 0 amide bonds. The molecule has 1 heterocycles. The van der Waals surface area contributed by atoms with Crippen LogP contribution in [0.2, 0.25) is 0 Å². The highest BCUT2D eigenvalue weighted by Gasteiger charge is 2.21. The summed E-state index contributed by atoms with van der Waals surface area (Å²) in [6.45, 7) is 6.44. The van der Waals surface area contributed by atoms with E-state index < -0.39 is 0 Å². The first-order valence-electron chi connectivity index (χ1n) is 9.00. The monoisotopic (exact) mass is 302 g/mol. The Kier molecular flexibility index (Phi) is 6.29. The predicted molar refractivity (Wildman–Crippen MR) is 91.3 cm³/mol. The van der Waals surface area contributed by atoms with E-state index in [4.69, 9.17) is 4.74 Å². The zero-order chi connectivity index (χ0) is 15.0. The predicted octanol–water partition coefficient (Wildman–Crippen LogP) is 3.02. The van der Waals surface area contributed by atoms with Crippen LogP contribution in [0.4, 0.5) is 0 Å². The Morgan fingerprint density at radius 1 is 1.00 bits per heavy atom. The van der Waals surface area contributed by atoms with E-state index in [1.54, 1.807) is 0 Å². The van der Waals surface area contributed by atoms with Crippen LogP contribution in [0, 0.1) is 0 Å². The van der Waals surface area contributed by atoms with Gasteiger partial charge in [0, 0.05) is 19.1 Å². The zero-order valence-corrected chi connectivity index (χ0v) is 13.7. The van der Waals surface area contributed by atoms with Crippen LogP contribution in [-0.4, -0.2) is 50.3 Å². The number of morpholine rings is 1. The van der Waals surface area contributed by atoms with Gasteiger partial charge in [-0.2, -0.15) is 0 Å². The van der Waals surface area contributed by atoms with Crippen molar-refractivity contribution >= 4 is 0 Å². The second-order valence-corrected chi connectivity index (χ2v) is 6.72. The molecule has 3 nitrogen and oxygen atoms in total. The summed E-state index contributed by atoms with van der Waals surface area (Å²) in [7, 11) is 0. The Bertz CT molecular complexity index is 409. The zero-order valence-electron chi connectivity index (χ0n) is 13.7. The highest BCUT2D eigenvalue weighted by Crippen LogP contribution is 2.32. The Hall–Kier alpha value is -0.900. The summed E-state index contributed by atoms with van der Waals surface area (Å²) in [4.78, 5) is 2.53. The Balaban J connectivity index is 1.29. The smallest absolute Gasteiger partial charge is 0.0594 e. The van der Waals surface area contributed by atoms with Gasteiger partial charge < -0.3 is 10.1 Å². The molecule has 0 radical (unpaired) electrons. The fourth-order valence-corrected chi connectivity index (χ4v) is 3.79. The van der Waals surface area contributed by atoms with E-state index >= 15 is 0 Å². The van der Waals surface area contributed by atoms with Crippen LogP contribution < -0.4 is 5.32 Å². The van der Waals surface area contributed by atoms with Gasteiger partial charge >= 0.3 is 0 Å². The molecule has 1 N–H and O–H groups in total. The van der Waals surface area contributed by atoms with Crippen molar-refractivity contribution in [2.24, 2.45) is 0 Å². The normalized spacial score (nSPS) is 26.9. The van der Waals surface area contributed by atoms with E-state index in [9.17, 15) is 0 Å². The molecule has 2 aliphatic rings. The summed E-state index contributed by atoms with van der Waals surface area (Å²) in [5.41, 5.74) is 1.54. The lowest BCUT2D eigenvalue weighted by Crippen LogP contribution is -2.39. The molecule has 122 valence electrons. The number of hydrogen-bond acceptors (Lipinski definition) is 3. The molecule has 0 unspecified atom stereocenters. The molecule has 3 rings (SSSR count). The minimum absolute atomic E-state index is 0.740. The minimum Gasteiger partial charge on any atom is -0.379 e. The third-order valence-corrected chi connectivity index (χ3v) is 5.19. The Labute approximate surface area is 135 Å². The summed E-state index contributed by atoms with van der Waals surface area (Å²) in [5.74, 6) is 0.785. The summed E-state index contributed by atoms with van der Waals surface area (Å²) < 4.78 is 5.39. The third-order valence-electron chi connectivity index (χ3n) is 5.19. The number of benzene rings is 1. The standard InChI is InChI=1S/C19H30N2O/c1-2-5-17(6-3-1)18-7-9-19(10-8-18)20-11-4-12-21-13-15-22-16-14-21/h1-3,5-6,18-20H,4,7-16H2. The lowest BCUT2D eigenvalue weighted by atomic mass is 9.82. The molecular formula is C19H30N2O. The van der Waals surface area contributed by atoms with E-state index in [2.05, 4.69) is 40.5 Å². The van der Waals surface area contributed by atoms with Gasteiger partial charge in [0.25, 0.3) is 0 Å². The molecule has 2 fully saturated rings. The van der Waals surface area contributed by atoms with Crippen molar-refractivity contribution in [3.63, 3.8) is 0 Å². The minimum atomic E-state index is 0.740. The summed E-state index contributed by atoms with van der Waals surface area (Å²) in [6, 6.07) is 11.8. The number of hydrogen-bond donors (Lipinski definition) is 1. The van der Waals surface area contributed by atoms with Crippen molar-refractivity contribution in [2.75, 3.05) is 39.4 Å². The van der Waals surface area contributed by atoms with Gasteiger partial charge in [-0.1, -0.05) is 30.3 Å². The topological polar surface area (TPSA) is 24.5 Å². The fraction of sp³-hybridized carbons (Fsp3) is 0.684. The van der Waals surface area contributed by atoms with Gasteiger partial charge in [0.05, 0.1) is 13.2 Å². The van der Waals surface area contributed by atoms with Crippen LogP contribution in [-0.2, 0) is 4.74 Å². The maximum absolute atomic E-state index is 5.39. The van der Waals surface area contributed by atoms with Crippen molar-refractivity contribution in [2.45, 2.75) is 44.1 Å². The quantitative estimate of drug-likeness (QED) is 0.818. The lowest BCUT2D eigenvalue weighted by Gasteiger charge is -2.30. The average molecular weight is 302 g/mol. The van der Waals surface area contributed by atoms with Crippen LogP contribution >= 0.6 is 0 Å². The first-order valence-corrected chi connectivity index (χ1v) is 9.00. The SMILES string of the molecule is c1ccc(C2CCC(NCCCN3CCOCC3)CC2)cc1. The number of nitrogens with zero attached hydrogens (tertiary/aromatic N) is 1. The number of nitrogens with one attached hydrogen (secondary N) is 1. The maximum atomic E-state index is 5.39. The van der Waals surface area contributed by atoms with Crippen molar-refractivity contribution < 1.29 is 4.74 Å². The molecule has 0 atom stereocenters. The van der Waals surface area contributed by atoms with Crippen LogP contribution in [0.25, 0.3) is 0 Å². The van der Waals surface area contributed by atoms with Crippen LogP contribution in [0.1, 0.15) is 43.6 Å². The highest BCUT2D eigenvalue weighted by molar-refractivity contribution is 5.20. The van der Waals surface area contributed by atoms with Crippen molar-refractivity contribution in [1.82, 2.24) is 10.2 Å². The lowest BCUT2D eigenvalue weighted by molar-refractivity contribution is 0.0373. The Morgan fingerprint density at radius 3 is 2.45 bits per heavy atom. The molecular weight excluding hydrogens is 272 g/mol. The van der Waals surface area contributed by atoms with Gasteiger partial charge in [0.1, 0.15) is 0 Å². The summed E-state index contributed by atoms with van der Waals surface area (Å²) in [6.07, 6.45) is 6.60. The fourth-order valence-electron chi connectivity index (χ4n) is 3.79. The molecule has 1 aromatic rings. The molecule has 1 aliphatic heterocycles. The molecule has 22 heavy (non-hydrogen) atoms. The summed E-state index contributed by atoms with van der Waals surface area (Å²) in [5, 5.41) is 3.78. The molecule has 0 bridgehead atoms. The summed E-state index contributed by atoms with van der Waals surface area (Å²) >= 11 is 0. The van der Waals surface area contributed by atoms with Crippen LogP contribution in [0.5, 0.6) is 0 Å².